The second-order valence-electron chi connectivity index (χ2n) is 6.64. The molecule has 2 aromatic carbocycles. The molecular weight excluding hydrogens is 381 g/mol. The molecule has 0 unspecified atom stereocenters. The summed E-state index contributed by atoms with van der Waals surface area (Å²) in [5.74, 6) is 0.139. The summed E-state index contributed by atoms with van der Waals surface area (Å²) in [7, 11) is 0. The van der Waals surface area contributed by atoms with Crippen LogP contribution >= 0.6 is 0 Å². The highest BCUT2D eigenvalue weighted by atomic mass is 19.1. The smallest absolute Gasteiger partial charge is 0.234 e. The fourth-order valence-electron chi connectivity index (χ4n) is 3.39. The molecule has 5 aromatic rings. The Kier molecular flexibility index (Phi) is 4.26. The molecule has 0 aliphatic rings. The third-order valence-electron chi connectivity index (χ3n) is 4.81. The van der Waals surface area contributed by atoms with Crippen LogP contribution in [0.25, 0.3) is 28.2 Å². The van der Waals surface area contributed by atoms with Crippen molar-refractivity contribution >= 4 is 5.78 Å². The second kappa shape index (κ2) is 7.22. The maximum absolute atomic E-state index is 14.6. The van der Waals surface area contributed by atoms with Crippen molar-refractivity contribution in [3.8, 4) is 28.5 Å². The summed E-state index contributed by atoms with van der Waals surface area (Å²) in [4.78, 5) is 10.5. The van der Waals surface area contributed by atoms with Gasteiger partial charge in [0.2, 0.25) is 5.78 Å². The van der Waals surface area contributed by atoms with Crippen LogP contribution in [0.15, 0.2) is 73.3 Å². The molecule has 0 amide bonds. The largest absolute Gasteiger partial charge is 0.284 e. The van der Waals surface area contributed by atoms with Crippen LogP contribution < -0.4 is 0 Å². The number of nitriles is 1. The number of benzene rings is 2. The molecule has 3 aromatic heterocycles. The van der Waals surface area contributed by atoms with Crippen molar-refractivity contribution in [2.75, 3.05) is 0 Å². The van der Waals surface area contributed by atoms with Gasteiger partial charge in [0, 0.05) is 22.9 Å². The topological polar surface area (TPSA) is 84.7 Å². The van der Waals surface area contributed by atoms with Gasteiger partial charge in [-0.25, -0.2) is 14.4 Å². The van der Waals surface area contributed by atoms with Gasteiger partial charge in [-0.05, 0) is 30.3 Å². The van der Waals surface area contributed by atoms with Gasteiger partial charge in [0.15, 0.2) is 0 Å². The molecule has 8 heteroatoms. The predicted molar refractivity (Wildman–Crippen MR) is 108 cm³/mol. The maximum atomic E-state index is 14.6. The molecule has 0 aliphatic carbocycles. The first-order valence-electron chi connectivity index (χ1n) is 9.19. The Morgan fingerprint density at radius 3 is 2.67 bits per heavy atom. The molecule has 0 saturated heterocycles. The predicted octanol–water partition coefficient (Wildman–Crippen LogP) is 3.71. The van der Waals surface area contributed by atoms with E-state index >= 15 is 0 Å². The average Bonchev–Trinajstić information content (AvgIpc) is 3.44. The summed E-state index contributed by atoms with van der Waals surface area (Å²) < 4.78 is 16.4. The highest BCUT2D eigenvalue weighted by Crippen LogP contribution is 2.31. The van der Waals surface area contributed by atoms with E-state index in [1.54, 1.807) is 59.8 Å². The van der Waals surface area contributed by atoms with Crippen LogP contribution in [0.1, 0.15) is 11.3 Å². The third kappa shape index (κ3) is 3.08. The number of aromatic nitrogens is 6. The summed E-state index contributed by atoms with van der Waals surface area (Å²) in [5, 5.41) is 17.5. The van der Waals surface area contributed by atoms with E-state index in [2.05, 4.69) is 26.2 Å². The van der Waals surface area contributed by atoms with Crippen molar-refractivity contribution in [1.82, 2.24) is 29.4 Å². The highest BCUT2D eigenvalue weighted by molar-refractivity contribution is 5.76. The number of hydrogen-bond donors (Lipinski definition) is 0. The van der Waals surface area contributed by atoms with Crippen LogP contribution in [0.4, 0.5) is 4.39 Å². The first kappa shape index (κ1) is 17.7. The minimum absolute atomic E-state index is 0.369. The highest BCUT2D eigenvalue weighted by Gasteiger charge is 2.14. The number of fused-ring (bicyclic) bond motifs is 1. The summed E-state index contributed by atoms with van der Waals surface area (Å²) in [6, 6.07) is 15.8. The molecule has 0 aliphatic heterocycles. The fourth-order valence-corrected chi connectivity index (χ4v) is 3.39. The lowest BCUT2D eigenvalue weighted by Crippen LogP contribution is -2.06. The standard InChI is InChI=1S/C22H14FN7/c23-20-6-5-15(11-19(20)18-4-2-1-3-16(18)12-24)21-13-25-22-28-17(7-10-29(21)22)14-30-26-8-9-27-30/h1-11,13H,14H2. The van der Waals surface area contributed by atoms with Crippen molar-refractivity contribution in [2.45, 2.75) is 6.54 Å². The number of hydrogen-bond acceptors (Lipinski definition) is 5. The van der Waals surface area contributed by atoms with Gasteiger partial charge in [0.05, 0.1) is 41.6 Å². The van der Waals surface area contributed by atoms with E-state index < -0.39 is 0 Å². The molecule has 5 rings (SSSR count). The van der Waals surface area contributed by atoms with Gasteiger partial charge in [-0.1, -0.05) is 18.2 Å². The zero-order valence-corrected chi connectivity index (χ0v) is 15.6. The van der Waals surface area contributed by atoms with Crippen LogP contribution in [0, 0.1) is 17.1 Å². The SMILES string of the molecule is N#Cc1ccccc1-c1cc(-c2cnc3nc(Cn4nccn4)ccn23)ccc1F. The van der Waals surface area contributed by atoms with E-state index in [1.165, 1.54) is 6.07 Å². The molecular formula is C22H14FN7. The van der Waals surface area contributed by atoms with Crippen molar-refractivity contribution < 1.29 is 4.39 Å². The van der Waals surface area contributed by atoms with Gasteiger partial charge < -0.3 is 0 Å². The van der Waals surface area contributed by atoms with Gasteiger partial charge >= 0.3 is 0 Å². The Hall–Kier alpha value is -4.38. The quantitative estimate of drug-likeness (QED) is 0.463. The Morgan fingerprint density at radius 1 is 1.00 bits per heavy atom. The van der Waals surface area contributed by atoms with E-state index in [1.807, 2.05) is 16.7 Å². The summed E-state index contributed by atoms with van der Waals surface area (Å²) in [6.07, 6.45) is 6.80. The number of nitrogens with zero attached hydrogens (tertiary/aromatic N) is 7. The second-order valence-corrected chi connectivity index (χ2v) is 6.64. The fraction of sp³-hybridized carbons (Fsp3) is 0.0455. The van der Waals surface area contributed by atoms with E-state index in [-0.39, 0.29) is 5.82 Å². The van der Waals surface area contributed by atoms with Crippen LogP contribution in [-0.4, -0.2) is 29.4 Å². The van der Waals surface area contributed by atoms with Gasteiger partial charge in [-0.15, -0.1) is 0 Å². The zero-order chi connectivity index (χ0) is 20.5. The van der Waals surface area contributed by atoms with Crippen molar-refractivity contribution in [3.05, 3.63) is 90.4 Å². The van der Waals surface area contributed by atoms with Gasteiger partial charge in [0.1, 0.15) is 12.4 Å². The van der Waals surface area contributed by atoms with Crippen molar-refractivity contribution in [1.29, 1.82) is 5.26 Å². The Labute approximate surface area is 170 Å². The van der Waals surface area contributed by atoms with E-state index in [9.17, 15) is 9.65 Å². The first-order valence-corrected chi connectivity index (χ1v) is 9.19. The van der Waals surface area contributed by atoms with Crippen LogP contribution in [-0.2, 0) is 6.54 Å². The van der Waals surface area contributed by atoms with Crippen LogP contribution in [0.3, 0.4) is 0 Å². The minimum atomic E-state index is -0.387. The maximum Gasteiger partial charge on any atom is 0.234 e. The molecule has 0 bridgehead atoms. The summed E-state index contributed by atoms with van der Waals surface area (Å²) in [5.41, 5.74) is 3.67. The molecule has 3 heterocycles. The van der Waals surface area contributed by atoms with Crippen LogP contribution in [0.5, 0.6) is 0 Å². The molecule has 30 heavy (non-hydrogen) atoms. The molecule has 0 spiro atoms. The molecule has 0 radical (unpaired) electrons. The van der Waals surface area contributed by atoms with E-state index in [4.69, 9.17) is 0 Å². The average molecular weight is 395 g/mol. The van der Waals surface area contributed by atoms with Gasteiger partial charge in [0.25, 0.3) is 0 Å². The lowest BCUT2D eigenvalue weighted by molar-refractivity contribution is 0.582. The Bertz CT molecular complexity index is 1400. The Balaban J connectivity index is 1.57. The monoisotopic (exact) mass is 395 g/mol. The van der Waals surface area contributed by atoms with Gasteiger partial charge in [-0.2, -0.15) is 20.3 Å². The Morgan fingerprint density at radius 2 is 1.83 bits per heavy atom. The summed E-state index contributed by atoms with van der Waals surface area (Å²) >= 11 is 0. The zero-order valence-electron chi connectivity index (χ0n) is 15.6. The lowest BCUT2D eigenvalue weighted by Gasteiger charge is -2.09. The van der Waals surface area contributed by atoms with Crippen molar-refractivity contribution in [3.63, 3.8) is 0 Å². The number of imidazole rings is 1. The van der Waals surface area contributed by atoms with E-state index in [0.29, 0.717) is 29.0 Å². The molecule has 144 valence electrons. The first-order chi connectivity index (χ1) is 14.7. The normalized spacial score (nSPS) is 10.9. The molecule has 0 fully saturated rings. The third-order valence-corrected chi connectivity index (χ3v) is 4.81. The summed E-state index contributed by atoms with van der Waals surface area (Å²) in [6.45, 7) is 0.442. The molecule has 0 saturated carbocycles. The minimum Gasteiger partial charge on any atom is -0.284 e. The van der Waals surface area contributed by atoms with Gasteiger partial charge in [-0.3, -0.25) is 4.40 Å². The van der Waals surface area contributed by atoms with Crippen molar-refractivity contribution in [2.24, 2.45) is 0 Å². The molecule has 0 N–H and O–H groups in total. The number of rotatable bonds is 4. The lowest BCUT2D eigenvalue weighted by atomic mass is 9.97. The molecule has 7 nitrogen and oxygen atoms in total. The number of halogens is 1. The molecule has 0 atom stereocenters. The van der Waals surface area contributed by atoms with Crippen LogP contribution in [0.2, 0.25) is 0 Å². The van der Waals surface area contributed by atoms with E-state index in [0.717, 1.165) is 17.0 Å².